The molecule has 0 saturated carbocycles. The molecular weight excluding hydrogens is 238 g/mol. The SMILES string of the molecule is CC(C)C(C(=O)NC1CCNCC1)N1CCCCC1. The Hall–Kier alpha value is -0.610. The monoisotopic (exact) mass is 267 g/mol. The van der Waals surface area contributed by atoms with E-state index in [-0.39, 0.29) is 11.9 Å². The molecule has 1 atom stereocenters. The summed E-state index contributed by atoms with van der Waals surface area (Å²) in [4.78, 5) is 15.0. The number of carbonyl (C=O) groups is 1. The van der Waals surface area contributed by atoms with Crippen LogP contribution in [0.2, 0.25) is 0 Å². The van der Waals surface area contributed by atoms with Crippen LogP contribution in [0.5, 0.6) is 0 Å². The first-order valence-corrected chi connectivity index (χ1v) is 7.93. The topological polar surface area (TPSA) is 44.4 Å². The van der Waals surface area contributed by atoms with E-state index in [4.69, 9.17) is 0 Å². The van der Waals surface area contributed by atoms with Gasteiger partial charge >= 0.3 is 0 Å². The number of carbonyl (C=O) groups excluding carboxylic acids is 1. The van der Waals surface area contributed by atoms with E-state index in [1.807, 2.05) is 0 Å². The standard InChI is InChI=1S/C15H29N3O/c1-12(2)14(18-10-4-3-5-11-18)15(19)17-13-6-8-16-9-7-13/h12-14,16H,3-11H2,1-2H3,(H,17,19). The fourth-order valence-corrected chi connectivity index (χ4v) is 3.34. The molecule has 0 aromatic rings. The molecule has 2 aliphatic heterocycles. The second kappa shape index (κ2) is 7.25. The Morgan fingerprint density at radius 2 is 1.79 bits per heavy atom. The van der Waals surface area contributed by atoms with Crippen molar-refractivity contribution in [3.05, 3.63) is 0 Å². The Balaban J connectivity index is 1.91. The van der Waals surface area contributed by atoms with Gasteiger partial charge < -0.3 is 10.6 Å². The lowest BCUT2D eigenvalue weighted by Crippen LogP contribution is -2.54. The number of hydrogen-bond donors (Lipinski definition) is 2. The first-order valence-electron chi connectivity index (χ1n) is 7.93. The van der Waals surface area contributed by atoms with Crippen molar-refractivity contribution in [3.8, 4) is 0 Å². The lowest BCUT2D eigenvalue weighted by Gasteiger charge is -2.37. The lowest BCUT2D eigenvalue weighted by molar-refractivity contribution is -0.129. The van der Waals surface area contributed by atoms with Crippen molar-refractivity contribution in [1.82, 2.24) is 15.5 Å². The van der Waals surface area contributed by atoms with E-state index in [2.05, 4.69) is 29.4 Å². The summed E-state index contributed by atoms with van der Waals surface area (Å²) in [6, 6.07) is 0.440. The molecule has 2 fully saturated rings. The quantitative estimate of drug-likeness (QED) is 0.808. The average Bonchev–Trinajstić information content (AvgIpc) is 2.40. The molecule has 0 aliphatic carbocycles. The molecule has 4 nitrogen and oxygen atoms in total. The molecule has 2 aliphatic rings. The molecule has 19 heavy (non-hydrogen) atoms. The van der Waals surface area contributed by atoms with Gasteiger partial charge in [0, 0.05) is 6.04 Å². The van der Waals surface area contributed by atoms with Gasteiger partial charge in [-0.25, -0.2) is 0 Å². The zero-order valence-electron chi connectivity index (χ0n) is 12.5. The van der Waals surface area contributed by atoms with Crippen LogP contribution in [-0.2, 0) is 4.79 Å². The fraction of sp³-hybridized carbons (Fsp3) is 0.933. The zero-order chi connectivity index (χ0) is 13.7. The van der Waals surface area contributed by atoms with E-state index >= 15 is 0 Å². The molecule has 0 spiro atoms. The van der Waals surface area contributed by atoms with Crippen LogP contribution in [0.15, 0.2) is 0 Å². The first kappa shape index (κ1) is 14.8. The van der Waals surface area contributed by atoms with Gasteiger partial charge in [-0.05, 0) is 57.8 Å². The molecule has 0 bridgehead atoms. The number of nitrogens with zero attached hydrogens (tertiary/aromatic N) is 1. The number of nitrogens with one attached hydrogen (secondary N) is 2. The Labute approximate surface area is 117 Å². The molecule has 1 amide bonds. The fourth-order valence-electron chi connectivity index (χ4n) is 3.34. The predicted octanol–water partition coefficient (Wildman–Crippen LogP) is 1.37. The minimum atomic E-state index is 0.0650. The minimum absolute atomic E-state index is 0.0650. The molecule has 2 N–H and O–H groups in total. The summed E-state index contributed by atoms with van der Waals surface area (Å²) in [6.45, 7) is 8.57. The number of rotatable bonds is 4. The van der Waals surface area contributed by atoms with Crippen molar-refractivity contribution in [2.45, 2.75) is 58.0 Å². The molecular formula is C15H29N3O. The van der Waals surface area contributed by atoms with Crippen molar-refractivity contribution in [2.24, 2.45) is 5.92 Å². The van der Waals surface area contributed by atoms with Crippen molar-refractivity contribution in [1.29, 1.82) is 0 Å². The Kier molecular flexibility index (Phi) is 5.64. The maximum absolute atomic E-state index is 12.6. The van der Waals surface area contributed by atoms with E-state index in [1.165, 1.54) is 19.3 Å². The highest BCUT2D eigenvalue weighted by Gasteiger charge is 2.31. The second-order valence-corrected chi connectivity index (χ2v) is 6.32. The third-order valence-corrected chi connectivity index (χ3v) is 4.37. The molecule has 4 heteroatoms. The number of hydrogen-bond acceptors (Lipinski definition) is 3. The lowest BCUT2D eigenvalue weighted by atomic mass is 9.97. The summed E-state index contributed by atoms with van der Waals surface area (Å²) in [5, 5.41) is 6.62. The Bertz CT molecular complexity index is 281. The number of likely N-dealkylation sites (tertiary alicyclic amines) is 1. The summed E-state index contributed by atoms with van der Waals surface area (Å²) in [5.41, 5.74) is 0. The maximum Gasteiger partial charge on any atom is 0.237 e. The summed E-state index contributed by atoms with van der Waals surface area (Å²) in [7, 11) is 0. The first-order chi connectivity index (χ1) is 9.18. The van der Waals surface area contributed by atoms with E-state index in [1.54, 1.807) is 0 Å². The van der Waals surface area contributed by atoms with Crippen LogP contribution in [0, 0.1) is 5.92 Å². The Morgan fingerprint density at radius 3 is 2.37 bits per heavy atom. The average molecular weight is 267 g/mol. The van der Waals surface area contributed by atoms with Crippen LogP contribution < -0.4 is 10.6 Å². The maximum atomic E-state index is 12.6. The van der Waals surface area contributed by atoms with Crippen LogP contribution in [0.4, 0.5) is 0 Å². The summed E-state index contributed by atoms with van der Waals surface area (Å²) in [6.07, 6.45) is 5.93. The van der Waals surface area contributed by atoms with Gasteiger partial charge in [-0.3, -0.25) is 9.69 Å². The summed E-state index contributed by atoms with van der Waals surface area (Å²) >= 11 is 0. The minimum Gasteiger partial charge on any atom is -0.352 e. The molecule has 110 valence electrons. The van der Waals surface area contributed by atoms with Crippen LogP contribution in [0.1, 0.15) is 46.0 Å². The second-order valence-electron chi connectivity index (χ2n) is 6.32. The summed E-state index contributed by atoms with van der Waals surface area (Å²) < 4.78 is 0. The van der Waals surface area contributed by atoms with E-state index in [0.29, 0.717) is 12.0 Å². The third kappa shape index (κ3) is 4.18. The molecule has 0 aromatic carbocycles. The van der Waals surface area contributed by atoms with Crippen molar-refractivity contribution in [3.63, 3.8) is 0 Å². The van der Waals surface area contributed by atoms with Crippen molar-refractivity contribution < 1.29 is 4.79 Å². The molecule has 2 saturated heterocycles. The molecule has 2 rings (SSSR count). The van der Waals surface area contributed by atoms with Gasteiger partial charge in [0.05, 0.1) is 6.04 Å². The van der Waals surface area contributed by atoms with E-state index < -0.39 is 0 Å². The van der Waals surface area contributed by atoms with E-state index in [0.717, 1.165) is 39.0 Å². The van der Waals surface area contributed by atoms with Crippen molar-refractivity contribution in [2.75, 3.05) is 26.2 Å². The summed E-state index contributed by atoms with van der Waals surface area (Å²) in [5.74, 6) is 0.642. The number of piperidine rings is 2. The Morgan fingerprint density at radius 1 is 1.16 bits per heavy atom. The van der Waals surface area contributed by atoms with Crippen LogP contribution in [0.3, 0.4) is 0 Å². The highest BCUT2D eigenvalue weighted by molar-refractivity contribution is 5.82. The van der Waals surface area contributed by atoms with Gasteiger partial charge in [0.1, 0.15) is 0 Å². The zero-order valence-corrected chi connectivity index (χ0v) is 12.5. The van der Waals surface area contributed by atoms with E-state index in [9.17, 15) is 4.79 Å². The number of amides is 1. The third-order valence-electron chi connectivity index (χ3n) is 4.37. The van der Waals surface area contributed by atoms with Gasteiger partial charge in [0.2, 0.25) is 5.91 Å². The van der Waals surface area contributed by atoms with Crippen LogP contribution in [-0.4, -0.2) is 49.1 Å². The van der Waals surface area contributed by atoms with Crippen LogP contribution in [0.25, 0.3) is 0 Å². The molecule has 1 unspecified atom stereocenters. The van der Waals surface area contributed by atoms with Gasteiger partial charge in [-0.2, -0.15) is 0 Å². The van der Waals surface area contributed by atoms with Gasteiger partial charge in [-0.15, -0.1) is 0 Å². The van der Waals surface area contributed by atoms with Crippen LogP contribution >= 0.6 is 0 Å². The van der Waals surface area contributed by atoms with Gasteiger partial charge in [-0.1, -0.05) is 20.3 Å². The van der Waals surface area contributed by atoms with Crippen molar-refractivity contribution >= 4 is 5.91 Å². The largest absolute Gasteiger partial charge is 0.352 e. The smallest absolute Gasteiger partial charge is 0.237 e. The van der Waals surface area contributed by atoms with Gasteiger partial charge in [0.15, 0.2) is 0 Å². The molecule has 2 heterocycles. The van der Waals surface area contributed by atoms with Gasteiger partial charge in [0.25, 0.3) is 0 Å². The highest BCUT2D eigenvalue weighted by atomic mass is 16.2. The molecule has 0 aromatic heterocycles. The molecule has 0 radical (unpaired) electrons. The predicted molar refractivity (Wildman–Crippen MR) is 78.1 cm³/mol. The highest BCUT2D eigenvalue weighted by Crippen LogP contribution is 2.18. The normalized spacial score (nSPS) is 24.4.